The highest BCUT2D eigenvalue weighted by Gasteiger charge is 2.36. The summed E-state index contributed by atoms with van der Waals surface area (Å²) in [4.78, 5) is 21.1. The molecule has 0 aromatic heterocycles. The van der Waals surface area contributed by atoms with Gasteiger partial charge in [0, 0.05) is 0 Å². The summed E-state index contributed by atoms with van der Waals surface area (Å²) in [5.41, 5.74) is 4.96. The van der Waals surface area contributed by atoms with Gasteiger partial charge in [0.15, 0.2) is 0 Å². The van der Waals surface area contributed by atoms with Crippen molar-refractivity contribution < 1.29 is 14.7 Å². The normalized spacial score (nSPS) is 30.2. The number of carbonyl (C=O) groups excluding carboxylic acids is 1. The number of amides is 1. The maximum absolute atomic E-state index is 10.6. The second-order valence-electron chi connectivity index (χ2n) is 2.57. The summed E-state index contributed by atoms with van der Waals surface area (Å²) in [5.74, 6) is -2.19. The van der Waals surface area contributed by atoms with Gasteiger partial charge in [-0.1, -0.05) is 0 Å². The van der Waals surface area contributed by atoms with E-state index >= 15 is 0 Å². The van der Waals surface area contributed by atoms with Crippen LogP contribution in [-0.4, -0.2) is 29.6 Å². The molecule has 5 nitrogen and oxygen atoms in total. The molecule has 0 aromatic rings. The Morgan fingerprint density at radius 1 is 1.55 bits per heavy atom. The van der Waals surface area contributed by atoms with E-state index in [0.717, 1.165) is 0 Å². The lowest BCUT2D eigenvalue weighted by Crippen LogP contribution is -2.42. The third kappa shape index (κ3) is 1.48. The molecule has 1 rings (SSSR count). The molecule has 5 heteroatoms. The van der Waals surface area contributed by atoms with E-state index < -0.39 is 23.8 Å². The number of carboxylic acid groups (broad SMARTS) is 1. The summed E-state index contributed by atoms with van der Waals surface area (Å²) >= 11 is 0. The fourth-order valence-electron chi connectivity index (χ4n) is 1.27. The molecule has 0 radical (unpaired) electrons. The number of aliphatic carboxylic acids is 1. The predicted molar refractivity (Wildman–Crippen MR) is 36.7 cm³/mol. The minimum Gasteiger partial charge on any atom is -0.481 e. The lowest BCUT2D eigenvalue weighted by molar-refractivity contribution is -0.143. The number of rotatable bonds is 2. The maximum Gasteiger partial charge on any atom is 0.308 e. The van der Waals surface area contributed by atoms with Crippen LogP contribution >= 0.6 is 0 Å². The quantitative estimate of drug-likeness (QED) is 0.457. The van der Waals surface area contributed by atoms with Crippen LogP contribution in [0.1, 0.15) is 6.42 Å². The van der Waals surface area contributed by atoms with Crippen LogP contribution in [-0.2, 0) is 9.59 Å². The summed E-state index contributed by atoms with van der Waals surface area (Å²) in [7, 11) is 0. The maximum atomic E-state index is 10.6. The molecule has 62 valence electrons. The number of primary amides is 1. The van der Waals surface area contributed by atoms with E-state index in [-0.39, 0.29) is 0 Å². The van der Waals surface area contributed by atoms with Gasteiger partial charge >= 0.3 is 5.97 Å². The van der Waals surface area contributed by atoms with Crippen LogP contribution in [0.25, 0.3) is 0 Å². The highest BCUT2D eigenvalue weighted by molar-refractivity contribution is 5.86. The van der Waals surface area contributed by atoms with Crippen molar-refractivity contribution in [3.8, 4) is 0 Å². The van der Waals surface area contributed by atoms with Crippen molar-refractivity contribution in [2.75, 3.05) is 6.54 Å². The van der Waals surface area contributed by atoms with Gasteiger partial charge in [-0.2, -0.15) is 0 Å². The van der Waals surface area contributed by atoms with E-state index in [2.05, 4.69) is 5.32 Å². The second kappa shape index (κ2) is 2.87. The van der Waals surface area contributed by atoms with Gasteiger partial charge in [0.1, 0.15) is 0 Å². The number of nitrogens with one attached hydrogen (secondary N) is 1. The first-order valence-electron chi connectivity index (χ1n) is 3.38. The molecule has 1 heterocycles. The van der Waals surface area contributed by atoms with Gasteiger partial charge in [-0.15, -0.1) is 0 Å². The first kappa shape index (κ1) is 8.00. The average molecular weight is 158 g/mol. The van der Waals surface area contributed by atoms with Crippen LogP contribution in [0.5, 0.6) is 0 Å². The highest BCUT2D eigenvalue weighted by atomic mass is 16.4. The molecule has 2 atom stereocenters. The third-order valence-electron chi connectivity index (χ3n) is 1.85. The average Bonchev–Trinajstić information content (AvgIpc) is 2.32. The van der Waals surface area contributed by atoms with Crippen molar-refractivity contribution in [1.82, 2.24) is 5.32 Å². The molecule has 4 N–H and O–H groups in total. The fourth-order valence-corrected chi connectivity index (χ4v) is 1.27. The van der Waals surface area contributed by atoms with Gasteiger partial charge in [-0.05, 0) is 13.0 Å². The Morgan fingerprint density at radius 2 is 2.18 bits per heavy atom. The molecule has 0 aromatic carbocycles. The number of carbonyl (C=O) groups is 2. The molecule has 1 amide bonds. The Morgan fingerprint density at radius 3 is 2.55 bits per heavy atom. The van der Waals surface area contributed by atoms with Gasteiger partial charge < -0.3 is 16.2 Å². The fraction of sp³-hybridized carbons (Fsp3) is 0.667. The molecule has 0 saturated carbocycles. The molecule has 0 aliphatic carbocycles. The summed E-state index contributed by atoms with van der Waals surface area (Å²) in [6.07, 6.45) is 0.475. The Hall–Kier alpha value is -1.10. The predicted octanol–water partition coefficient (Wildman–Crippen LogP) is -1.47. The second-order valence-corrected chi connectivity index (χ2v) is 2.57. The largest absolute Gasteiger partial charge is 0.481 e. The Balaban J connectivity index is 2.65. The van der Waals surface area contributed by atoms with E-state index in [9.17, 15) is 9.59 Å². The van der Waals surface area contributed by atoms with Crippen molar-refractivity contribution in [1.29, 1.82) is 0 Å². The minimum atomic E-state index is -0.959. The third-order valence-corrected chi connectivity index (χ3v) is 1.85. The van der Waals surface area contributed by atoms with Crippen LogP contribution in [0.15, 0.2) is 0 Å². The number of carboxylic acids is 1. The van der Waals surface area contributed by atoms with Crippen LogP contribution < -0.4 is 11.1 Å². The molecule has 2 unspecified atom stereocenters. The highest BCUT2D eigenvalue weighted by Crippen LogP contribution is 2.14. The van der Waals surface area contributed by atoms with E-state index in [1.54, 1.807) is 0 Å². The van der Waals surface area contributed by atoms with Gasteiger partial charge in [0.25, 0.3) is 0 Å². The summed E-state index contributed by atoms with van der Waals surface area (Å²) in [6, 6.07) is -0.688. The number of nitrogens with two attached hydrogens (primary N) is 1. The molecule has 1 aliphatic heterocycles. The Kier molecular flexibility index (Phi) is 2.09. The minimum absolute atomic E-state index is 0.475. The van der Waals surface area contributed by atoms with Gasteiger partial charge in [0.05, 0.1) is 12.0 Å². The smallest absolute Gasteiger partial charge is 0.308 e. The lowest BCUT2D eigenvalue weighted by Gasteiger charge is -2.10. The van der Waals surface area contributed by atoms with Crippen LogP contribution in [0.4, 0.5) is 0 Å². The van der Waals surface area contributed by atoms with Gasteiger partial charge in [0.2, 0.25) is 5.91 Å². The van der Waals surface area contributed by atoms with Crippen molar-refractivity contribution >= 4 is 11.9 Å². The van der Waals surface area contributed by atoms with Crippen molar-refractivity contribution in [3.63, 3.8) is 0 Å². The van der Waals surface area contributed by atoms with E-state index in [4.69, 9.17) is 10.8 Å². The van der Waals surface area contributed by atoms with E-state index in [1.165, 1.54) is 0 Å². The Labute approximate surface area is 63.6 Å². The molecule has 1 aliphatic rings. The molecule has 11 heavy (non-hydrogen) atoms. The standard InChI is InChI=1S/C6H10N2O3/c7-5(9)4-3(6(10)11)1-2-8-4/h3-4,8H,1-2H2,(H2,7,9)(H,10,11). The van der Waals surface area contributed by atoms with E-state index in [1.807, 2.05) is 0 Å². The first-order valence-corrected chi connectivity index (χ1v) is 3.38. The summed E-state index contributed by atoms with van der Waals surface area (Å²) in [6.45, 7) is 0.546. The summed E-state index contributed by atoms with van der Waals surface area (Å²) in [5, 5.41) is 11.3. The lowest BCUT2D eigenvalue weighted by atomic mass is 10.0. The Bertz CT molecular complexity index is 172. The first-order chi connectivity index (χ1) is 5.13. The van der Waals surface area contributed by atoms with Crippen molar-refractivity contribution in [2.45, 2.75) is 12.5 Å². The SMILES string of the molecule is NC(=O)C1NCCC1C(=O)O. The summed E-state index contributed by atoms with van der Waals surface area (Å²) < 4.78 is 0. The van der Waals surface area contributed by atoms with Crippen LogP contribution in [0.3, 0.4) is 0 Å². The van der Waals surface area contributed by atoms with E-state index in [0.29, 0.717) is 13.0 Å². The molecular formula is C6H10N2O3. The van der Waals surface area contributed by atoms with Crippen LogP contribution in [0.2, 0.25) is 0 Å². The van der Waals surface area contributed by atoms with Crippen molar-refractivity contribution in [2.24, 2.45) is 11.7 Å². The molecular weight excluding hydrogens is 148 g/mol. The van der Waals surface area contributed by atoms with Crippen molar-refractivity contribution in [3.05, 3.63) is 0 Å². The zero-order valence-corrected chi connectivity index (χ0v) is 5.91. The zero-order valence-electron chi connectivity index (χ0n) is 5.91. The zero-order chi connectivity index (χ0) is 8.43. The number of hydrogen-bond acceptors (Lipinski definition) is 3. The molecule has 1 fully saturated rings. The molecule has 0 bridgehead atoms. The molecule has 1 saturated heterocycles. The monoisotopic (exact) mass is 158 g/mol. The van der Waals surface area contributed by atoms with Crippen LogP contribution in [0, 0.1) is 5.92 Å². The van der Waals surface area contributed by atoms with Gasteiger partial charge in [-0.3, -0.25) is 9.59 Å². The molecule has 0 spiro atoms. The van der Waals surface area contributed by atoms with Gasteiger partial charge in [-0.25, -0.2) is 0 Å². The topological polar surface area (TPSA) is 92.4 Å². The number of hydrogen-bond donors (Lipinski definition) is 3.